The van der Waals surface area contributed by atoms with Gasteiger partial charge < -0.3 is 20.1 Å². The van der Waals surface area contributed by atoms with Crippen LogP contribution in [0.15, 0.2) is 0 Å². The average molecular weight is 363 g/mol. The van der Waals surface area contributed by atoms with Crippen molar-refractivity contribution in [1.82, 2.24) is 10.2 Å². The van der Waals surface area contributed by atoms with Crippen LogP contribution in [-0.2, 0) is 14.3 Å². The smallest absolute Gasteiger partial charge is 0.407 e. The summed E-state index contributed by atoms with van der Waals surface area (Å²) in [5, 5.41) is 12.0. The third-order valence-corrected chi connectivity index (χ3v) is 4.13. The third kappa shape index (κ3) is 6.95. The van der Waals surface area contributed by atoms with E-state index >= 15 is 0 Å². The van der Waals surface area contributed by atoms with E-state index < -0.39 is 23.7 Å². The standard InChI is InChI=1S/C16H27ClN2O5/c1-16(2,3)24-15(23)18-7-5-4-6-12(14(21)22)19-10-11(9-17)8-13(19)20/h11-12H,4-10H2,1-3H3,(H,18,23)(H,21,22)/t11?,12-/m0/s1. The lowest BCUT2D eigenvalue weighted by Gasteiger charge is -2.24. The second-order valence-electron chi connectivity index (χ2n) is 7.05. The highest BCUT2D eigenvalue weighted by Crippen LogP contribution is 2.23. The first-order chi connectivity index (χ1) is 11.1. The van der Waals surface area contributed by atoms with Crippen LogP contribution in [0.3, 0.4) is 0 Å². The molecule has 2 N–H and O–H groups in total. The Bertz CT molecular complexity index is 464. The van der Waals surface area contributed by atoms with Crippen LogP contribution >= 0.6 is 11.6 Å². The van der Waals surface area contributed by atoms with Gasteiger partial charge in [0.2, 0.25) is 5.91 Å². The number of aliphatic carboxylic acids is 1. The molecule has 0 aromatic carbocycles. The summed E-state index contributed by atoms with van der Waals surface area (Å²) in [5.74, 6) is -0.776. The van der Waals surface area contributed by atoms with Gasteiger partial charge in [-0.05, 0) is 46.0 Å². The van der Waals surface area contributed by atoms with E-state index in [4.69, 9.17) is 16.3 Å². The summed E-state index contributed by atoms with van der Waals surface area (Å²) in [4.78, 5) is 36.3. The Morgan fingerprint density at radius 2 is 2.08 bits per heavy atom. The predicted molar refractivity (Wildman–Crippen MR) is 90.1 cm³/mol. The van der Waals surface area contributed by atoms with E-state index in [1.165, 1.54) is 4.90 Å². The monoisotopic (exact) mass is 362 g/mol. The number of likely N-dealkylation sites (tertiary alicyclic amines) is 1. The number of hydrogen-bond acceptors (Lipinski definition) is 4. The van der Waals surface area contributed by atoms with Gasteiger partial charge in [-0.15, -0.1) is 11.6 Å². The molecule has 0 aromatic heterocycles. The highest BCUT2D eigenvalue weighted by molar-refractivity contribution is 6.18. The highest BCUT2D eigenvalue weighted by Gasteiger charge is 2.36. The number of carbonyl (C=O) groups is 3. The fourth-order valence-electron chi connectivity index (χ4n) is 2.59. The maximum absolute atomic E-state index is 11.9. The molecule has 2 atom stereocenters. The lowest BCUT2D eigenvalue weighted by Crippen LogP contribution is -2.42. The Hall–Kier alpha value is -1.50. The Morgan fingerprint density at radius 1 is 1.42 bits per heavy atom. The predicted octanol–water partition coefficient (Wildman–Crippen LogP) is 2.22. The van der Waals surface area contributed by atoms with E-state index in [0.717, 1.165) is 0 Å². The molecule has 1 rings (SSSR count). The molecule has 8 heteroatoms. The van der Waals surface area contributed by atoms with Crippen LogP contribution in [0.5, 0.6) is 0 Å². The Labute approximate surface area is 147 Å². The second kappa shape index (κ2) is 9.11. The molecule has 24 heavy (non-hydrogen) atoms. The van der Waals surface area contributed by atoms with Gasteiger partial charge in [0.15, 0.2) is 0 Å². The van der Waals surface area contributed by atoms with Crippen LogP contribution in [0.25, 0.3) is 0 Å². The molecule has 1 fully saturated rings. The van der Waals surface area contributed by atoms with Crippen LogP contribution in [0.1, 0.15) is 46.5 Å². The first kappa shape index (κ1) is 20.5. The molecule has 0 saturated carbocycles. The summed E-state index contributed by atoms with van der Waals surface area (Å²) in [6.07, 6.45) is 1.38. The van der Waals surface area contributed by atoms with Gasteiger partial charge in [-0.1, -0.05) is 0 Å². The number of carboxylic acid groups (broad SMARTS) is 1. The van der Waals surface area contributed by atoms with E-state index in [2.05, 4.69) is 5.32 Å². The Morgan fingerprint density at radius 3 is 2.58 bits per heavy atom. The number of rotatable bonds is 8. The number of nitrogens with zero attached hydrogens (tertiary/aromatic N) is 1. The van der Waals surface area contributed by atoms with E-state index in [-0.39, 0.29) is 11.8 Å². The van der Waals surface area contributed by atoms with Gasteiger partial charge in [-0.2, -0.15) is 0 Å². The number of halogens is 1. The SMILES string of the molecule is CC(C)(C)OC(=O)NCCCC[C@@H](C(=O)O)N1CC(CCl)CC1=O. The first-order valence-corrected chi connectivity index (χ1v) is 8.72. The Balaban J connectivity index is 2.34. The lowest BCUT2D eigenvalue weighted by molar-refractivity contribution is -0.148. The molecule has 0 aliphatic carbocycles. The van der Waals surface area contributed by atoms with Crippen molar-refractivity contribution in [3.05, 3.63) is 0 Å². The molecule has 1 heterocycles. The highest BCUT2D eigenvalue weighted by atomic mass is 35.5. The molecule has 0 radical (unpaired) electrons. The second-order valence-corrected chi connectivity index (χ2v) is 7.36. The van der Waals surface area contributed by atoms with Crippen molar-refractivity contribution in [2.45, 2.75) is 58.1 Å². The first-order valence-electron chi connectivity index (χ1n) is 8.19. The molecule has 138 valence electrons. The molecule has 2 amide bonds. The van der Waals surface area contributed by atoms with Crippen molar-refractivity contribution < 1.29 is 24.2 Å². The minimum atomic E-state index is -1.00. The quantitative estimate of drug-likeness (QED) is 0.510. The van der Waals surface area contributed by atoms with Gasteiger partial charge >= 0.3 is 12.1 Å². The molecule has 1 aliphatic rings. The summed E-state index contributed by atoms with van der Waals surface area (Å²) in [6.45, 7) is 6.15. The van der Waals surface area contributed by atoms with Crippen molar-refractivity contribution >= 4 is 29.6 Å². The number of ether oxygens (including phenoxy) is 1. The van der Waals surface area contributed by atoms with E-state index in [9.17, 15) is 19.5 Å². The number of carboxylic acids is 1. The number of hydrogen-bond donors (Lipinski definition) is 2. The fourth-order valence-corrected chi connectivity index (χ4v) is 2.80. The fraction of sp³-hybridized carbons (Fsp3) is 0.812. The molecule has 1 aliphatic heterocycles. The van der Waals surface area contributed by atoms with Crippen molar-refractivity contribution in [2.75, 3.05) is 19.0 Å². The maximum Gasteiger partial charge on any atom is 0.407 e. The van der Waals surface area contributed by atoms with Gasteiger partial charge in [0.25, 0.3) is 0 Å². The van der Waals surface area contributed by atoms with Crippen molar-refractivity contribution in [3.8, 4) is 0 Å². The average Bonchev–Trinajstić information content (AvgIpc) is 2.81. The molecule has 1 saturated heterocycles. The Kier molecular flexibility index (Phi) is 7.79. The van der Waals surface area contributed by atoms with Crippen LogP contribution in [0.4, 0.5) is 4.79 Å². The van der Waals surface area contributed by atoms with Crippen LogP contribution in [0.2, 0.25) is 0 Å². The number of carbonyl (C=O) groups excluding carboxylic acids is 2. The third-order valence-electron chi connectivity index (χ3n) is 3.69. The van der Waals surface area contributed by atoms with Crippen molar-refractivity contribution in [3.63, 3.8) is 0 Å². The minimum absolute atomic E-state index is 0.0230. The number of amides is 2. The molecule has 7 nitrogen and oxygen atoms in total. The number of unbranched alkanes of at least 4 members (excludes halogenated alkanes) is 1. The van der Waals surface area contributed by atoms with Crippen molar-refractivity contribution in [2.24, 2.45) is 5.92 Å². The van der Waals surface area contributed by atoms with E-state index in [1.807, 2.05) is 0 Å². The van der Waals surface area contributed by atoms with Crippen molar-refractivity contribution in [1.29, 1.82) is 0 Å². The molecule has 0 spiro atoms. The summed E-state index contributed by atoms with van der Waals surface area (Å²) < 4.78 is 5.11. The zero-order valence-corrected chi connectivity index (χ0v) is 15.3. The molecule has 0 aromatic rings. The number of alkyl halides is 1. The minimum Gasteiger partial charge on any atom is -0.480 e. The zero-order valence-electron chi connectivity index (χ0n) is 14.5. The number of alkyl carbamates (subject to hydrolysis) is 1. The van der Waals surface area contributed by atoms with Gasteiger partial charge in [-0.25, -0.2) is 9.59 Å². The topological polar surface area (TPSA) is 95.9 Å². The maximum atomic E-state index is 11.9. The van der Waals surface area contributed by atoms with Gasteiger partial charge in [0.05, 0.1) is 0 Å². The van der Waals surface area contributed by atoms with E-state index in [0.29, 0.717) is 44.7 Å². The summed E-state index contributed by atoms with van der Waals surface area (Å²) in [6, 6.07) is -0.827. The number of nitrogens with one attached hydrogen (secondary N) is 1. The van der Waals surface area contributed by atoms with Crippen LogP contribution in [-0.4, -0.2) is 58.6 Å². The summed E-state index contributed by atoms with van der Waals surface area (Å²) in [5.41, 5.74) is -0.548. The summed E-state index contributed by atoms with van der Waals surface area (Å²) in [7, 11) is 0. The molecular formula is C16H27ClN2O5. The normalized spacial score (nSPS) is 19.2. The lowest BCUT2D eigenvalue weighted by atomic mass is 10.1. The molecule has 0 bridgehead atoms. The van der Waals surface area contributed by atoms with Crippen LogP contribution < -0.4 is 5.32 Å². The molecule has 1 unspecified atom stereocenters. The van der Waals surface area contributed by atoms with Crippen LogP contribution in [0, 0.1) is 5.92 Å². The van der Waals surface area contributed by atoms with Gasteiger partial charge in [0, 0.05) is 25.4 Å². The summed E-state index contributed by atoms with van der Waals surface area (Å²) >= 11 is 5.77. The largest absolute Gasteiger partial charge is 0.480 e. The van der Waals surface area contributed by atoms with Gasteiger partial charge in [-0.3, -0.25) is 4.79 Å². The zero-order chi connectivity index (χ0) is 18.3. The van der Waals surface area contributed by atoms with E-state index in [1.54, 1.807) is 20.8 Å². The molecular weight excluding hydrogens is 336 g/mol. The van der Waals surface area contributed by atoms with Gasteiger partial charge in [0.1, 0.15) is 11.6 Å².